The van der Waals surface area contributed by atoms with Crippen molar-refractivity contribution in [2.45, 2.75) is 6.92 Å². The molecule has 2 rings (SSSR count). The number of esters is 1. The maximum absolute atomic E-state index is 11.6. The lowest BCUT2D eigenvalue weighted by atomic mass is 10.2. The standard InChI is InChI=1S/C12H9Br2NO2/c1-2-17-12(16)11-6-9(14)8-5-7(13)3-4-10(8)15-11/h3-6H,2H2,1H3. The van der Waals surface area contributed by atoms with Crippen molar-refractivity contribution in [1.82, 2.24) is 4.98 Å². The van der Waals surface area contributed by atoms with Crippen molar-refractivity contribution < 1.29 is 9.53 Å². The molecule has 2 aromatic rings. The van der Waals surface area contributed by atoms with Gasteiger partial charge in [-0.1, -0.05) is 31.9 Å². The molecule has 0 bridgehead atoms. The van der Waals surface area contributed by atoms with Gasteiger partial charge >= 0.3 is 5.97 Å². The first-order chi connectivity index (χ1) is 8.11. The number of fused-ring (bicyclic) bond motifs is 1. The fraction of sp³-hybridized carbons (Fsp3) is 0.167. The normalized spacial score (nSPS) is 10.5. The zero-order valence-electron chi connectivity index (χ0n) is 9.04. The number of hydrogen-bond acceptors (Lipinski definition) is 3. The summed E-state index contributed by atoms with van der Waals surface area (Å²) in [6, 6.07) is 7.36. The van der Waals surface area contributed by atoms with Crippen LogP contribution >= 0.6 is 31.9 Å². The molecule has 0 spiro atoms. The highest BCUT2D eigenvalue weighted by atomic mass is 79.9. The van der Waals surface area contributed by atoms with E-state index in [2.05, 4.69) is 36.8 Å². The highest BCUT2D eigenvalue weighted by molar-refractivity contribution is 9.11. The Kier molecular flexibility index (Phi) is 3.79. The maximum atomic E-state index is 11.6. The van der Waals surface area contributed by atoms with Crippen LogP contribution in [0, 0.1) is 0 Å². The Labute approximate surface area is 115 Å². The molecule has 0 radical (unpaired) electrons. The maximum Gasteiger partial charge on any atom is 0.356 e. The SMILES string of the molecule is CCOC(=O)c1cc(Br)c2cc(Br)ccc2n1. The van der Waals surface area contributed by atoms with Crippen molar-refractivity contribution in [3.63, 3.8) is 0 Å². The third-order valence-corrected chi connectivity index (χ3v) is 3.35. The average Bonchev–Trinajstić information content (AvgIpc) is 2.30. The van der Waals surface area contributed by atoms with Gasteiger partial charge in [0.25, 0.3) is 0 Å². The quantitative estimate of drug-likeness (QED) is 0.763. The molecule has 3 nitrogen and oxygen atoms in total. The van der Waals surface area contributed by atoms with Crippen LogP contribution in [0.3, 0.4) is 0 Å². The van der Waals surface area contributed by atoms with E-state index in [0.717, 1.165) is 19.8 Å². The molecule has 17 heavy (non-hydrogen) atoms. The number of ether oxygens (including phenoxy) is 1. The highest BCUT2D eigenvalue weighted by Gasteiger charge is 2.11. The molecule has 0 aliphatic carbocycles. The molecular formula is C12H9Br2NO2. The Morgan fingerprint density at radius 3 is 2.82 bits per heavy atom. The minimum atomic E-state index is -0.405. The first kappa shape index (κ1) is 12.5. The van der Waals surface area contributed by atoms with Gasteiger partial charge in [-0.25, -0.2) is 9.78 Å². The van der Waals surface area contributed by atoms with Gasteiger partial charge in [0.15, 0.2) is 0 Å². The van der Waals surface area contributed by atoms with Gasteiger partial charge in [0.2, 0.25) is 0 Å². The van der Waals surface area contributed by atoms with Crippen LogP contribution in [0.4, 0.5) is 0 Å². The summed E-state index contributed by atoms with van der Waals surface area (Å²) in [4.78, 5) is 15.9. The molecule has 0 amide bonds. The number of nitrogens with zero attached hydrogens (tertiary/aromatic N) is 1. The van der Waals surface area contributed by atoms with Gasteiger partial charge in [-0.3, -0.25) is 0 Å². The van der Waals surface area contributed by atoms with Gasteiger partial charge in [0.1, 0.15) is 5.69 Å². The second-order valence-electron chi connectivity index (χ2n) is 3.37. The summed E-state index contributed by atoms with van der Waals surface area (Å²) in [6.45, 7) is 2.11. The van der Waals surface area contributed by atoms with Crippen LogP contribution < -0.4 is 0 Å². The number of aromatic nitrogens is 1. The summed E-state index contributed by atoms with van der Waals surface area (Å²) in [6.07, 6.45) is 0. The Morgan fingerprint density at radius 1 is 1.35 bits per heavy atom. The van der Waals surface area contributed by atoms with E-state index >= 15 is 0 Å². The topological polar surface area (TPSA) is 39.2 Å². The summed E-state index contributed by atoms with van der Waals surface area (Å²) in [5.41, 5.74) is 1.07. The van der Waals surface area contributed by atoms with Crippen LogP contribution in [0.1, 0.15) is 17.4 Å². The number of hydrogen-bond donors (Lipinski definition) is 0. The predicted molar refractivity (Wildman–Crippen MR) is 73.1 cm³/mol. The summed E-state index contributed by atoms with van der Waals surface area (Å²) in [7, 11) is 0. The van der Waals surface area contributed by atoms with Crippen molar-refractivity contribution in [2.75, 3.05) is 6.61 Å². The molecule has 0 saturated carbocycles. The fourth-order valence-electron chi connectivity index (χ4n) is 1.47. The molecule has 1 heterocycles. The van der Waals surface area contributed by atoms with Gasteiger partial charge in [0, 0.05) is 14.3 Å². The Morgan fingerprint density at radius 2 is 2.12 bits per heavy atom. The molecule has 0 unspecified atom stereocenters. The third-order valence-electron chi connectivity index (χ3n) is 2.20. The predicted octanol–water partition coefficient (Wildman–Crippen LogP) is 3.94. The number of carbonyl (C=O) groups excluding carboxylic acids is 1. The lowest BCUT2D eigenvalue weighted by Crippen LogP contribution is -2.07. The van der Waals surface area contributed by atoms with Crippen LogP contribution in [-0.2, 0) is 4.74 Å². The van der Waals surface area contributed by atoms with Crippen LogP contribution in [0.5, 0.6) is 0 Å². The monoisotopic (exact) mass is 357 g/mol. The molecule has 0 fully saturated rings. The largest absolute Gasteiger partial charge is 0.461 e. The Hall–Kier alpha value is -0.940. The molecule has 0 saturated heterocycles. The number of rotatable bonds is 2. The molecule has 1 aromatic carbocycles. The van der Waals surface area contributed by atoms with E-state index in [1.54, 1.807) is 13.0 Å². The van der Waals surface area contributed by atoms with Gasteiger partial charge in [-0.05, 0) is 31.2 Å². The van der Waals surface area contributed by atoms with Gasteiger partial charge in [0.05, 0.1) is 12.1 Å². The number of halogens is 2. The van der Waals surface area contributed by atoms with Crippen LogP contribution in [0.2, 0.25) is 0 Å². The summed E-state index contributed by atoms with van der Waals surface area (Å²) in [5.74, 6) is -0.405. The highest BCUT2D eigenvalue weighted by Crippen LogP contribution is 2.26. The van der Waals surface area contributed by atoms with Crippen LogP contribution in [-0.4, -0.2) is 17.6 Å². The third kappa shape index (κ3) is 2.66. The molecular weight excluding hydrogens is 350 g/mol. The second kappa shape index (κ2) is 5.14. The lowest BCUT2D eigenvalue weighted by Gasteiger charge is -2.05. The van der Waals surface area contributed by atoms with Crippen molar-refractivity contribution >= 4 is 48.7 Å². The Balaban J connectivity index is 2.56. The molecule has 0 N–H and O–H groups in total. The summed E-state index contributed by atoms with van der Waals surface area (Å²) < 4.78 is 6.72. The Bertz CT molecular complexity index is 584. The first-order valence-electron chi connectivity index (χ1n) is 5.04. The summed E-state index contributed by atoms with van der Waals surface area (Å²) in [5, 5.41) is 0.951. The van der Waals surface area contributed by atoms with E-state index in [0.29, 0.717) is 12.3 Å². The molecule has 88 valence electrons. The van der Waals surface area contributed by atoms with Gasteiger partial charge in [-0.2, -0.15) is 0 Å². The summed E-state index contributed by atoms with van der Waals surface area (Å²) >= 11 is 6.83. The second-order valence-corrected chi connectivity index (χ2v) is 5.14. The lowest BCUT2D eigenvalue weighted by molar-refractivity contribution is 0.0520. The number of carbonyl (C=O) groups is 1. The average molecular weight is 359 g/mol. The molecule has 5 heteroatoms. The van der Waals surface area contributed by atoms with Crippen LogP contribution in [0.25, 0.3) is 10.9 Å². The minimum absolute atomic E-state index is 0.313. The van der Waals surface area contributed by atoms with Crippen molar-refractivity contribution in [3.05, 3.63) is 38.9 Å². The smallest absolute Gasteiger partial charge is 0.356 e. The molecule has 1 aromatic heterocycles. The molecule has 0 atom stereocenters. The fourth-order valence-corrected chi connectivity index (χ4v) is 2.36. The van der Waals surface area contributed by atoms with E-state index in [1.165, 1.54) is 0 Å². The number of benzene rings is 1. The van der Waals surface area contributed by atoms with Gasteiger partial charge in [-0.15, -0.1) is 0 Å². The minimum Gasteiger partial charge on any atom is -0.461 e. The van der Waals surface area contributed by atoms with E-state index in [-0.39, 0.29) is 0 Å². The zero-order chi connectivity index (χ0) is 12.4. The van der Waals surface area contributed by atoms with E-state index in [4.69, 9.17) is 4.74 Å². The number of pyridine rings is 1. The van der Waals surface area contributed by atoms with E-state index in [1.807, 2.05) is 18.2 Å². The van der Waals surface area contributed by atoms with Crippen molar-refractivity contribution in [2.24, 2.45) is 0 Å². The van der Waals surface area contributed by atoms with Crippen LogP contribution in [0.15, 0.2) is 33.2 Å². The molecule has 0 aliphatic rings. The van der Waals surface area contributed by atoms with Crippen molar-refractivity contribution in [1.29, 1.82) is 0 Å². The van der Waals surface area contributed by atoms with E-state index in [9.17, 15) is 4.79 Å². The van der Waals surface area contributed by atoms with E-state index < -0.39 is 5.97 Å². The zero-order valence-corrected chi connectivity index (χ0v) is 12.2. The van der Waals surface area contributed by atoms with Crippen molar-refractivity contribution in [3.8, 4) is 0 Å². The first-order valence-corrected chi connectivity index (χ1v) is 6.63. The van der Waals surface area contributed by atoms with Gasteiger partial charge < -0.3 is 4.74 Å². The molecule has 0 aliphatic heterocycles.